The summed E-state index contributed by atoms with van der Waals surface area (Å²) in [5.41, 5.74) is 0.376. The number of hydrogen-bond acceptors (Lipinski definition) is 5. The molecule has 23 heavy (non-hydrogen) atoms. The zero-order chi connectivity index (χ0) is 16.5. The Morgan fingerprint density at radius 1 is 1.17 bits per heavy atom. The SMILES string of the molecule is CN(C)CCCNC(=O)c1cnc(NC2CCCCCC2)cn1. The van der Waals surface area contributed by atoms with Crippen molar-refractivity contribution in [2.24, 2.45) is 0 Å². The van der Waals surface area contributed by atoms with E-state index in [0.29, 0.717) is 18.3 Å². The molecule has 0 saturated heterocycles. The molecule has 0 bridgehead atoms. The van der Waals surface area contributed by atoms with Gasteiger partial charge in [0.1, 0.15) is 11.5 Å². The topological polar surface area (TPSA) is 70.2 Å². The van der Waals surface area contributed by atoms with Crippen LogP contribution in [0.2, 0.25) is 0 Å². The molecule has 1 aliphatic carbocycles. The predicted octanol–water partition coefficient (Wildman–Crippen LogP) is 2.29. The lowest BCUT2D eigenvalue weighted by Crippen LogP contribution is -2.28. The molecule has 1 heterocycles. The molecule has 0 atom stereocenters. The number of nitrogens with zero attached hydrogens (tertiary/aromatic N) is 3. The van der Waals surface area contributed by atoms with Gasteiger partial charge in [0.05, 0.1) is 12.4 Å². The maximum absolute atomic E-state index is 12.0. The Balaban J connectivity index is 1.77. The molecule has 1 fully saturated rings. The summed E-state index contributed by atoms with van der Waals surface area (Å²) in [4.78, 5) is 22.7. The lowest BCUT2D eigenvalue weighted by Gasteiger charge is -2.16. The Morgan fingerprint density at radius 2 is 1.91 bits per heavy atom. The number of amides is 1. The minimum absolute atomic E-state index is 0.155. The molecule has 0 aromatic carbocycles. The predicted molar refractivity (Wildman–Crippen MR) is 92.6 cm³/mol. The van der Waals surface area contributed by atoms with Crippen LogP contribution in [0.5, 0.6) is 0 Å². The third-order valence-corrected chi connectivity index (χ3v) is 4.16. The average molecular weight is 319 g/mol. The van der Waals surface area contributed by atoms with E-state index < -0.39 is 0 Å². The smallest absolute Gasteiger partial charge is 0.271 e. The molecule has 1 aromatic rings. The van der Waals surface area contributed by atoms with Gasteiger partial charge in [-0.3, -0.25) is 4.79 Å². The van der Waals surface area contributed by atoms with Crippen LogP contribution in [-0.2, 0) is 0 Å². The molecule has 0 radical (unpaired) electrons. The van der Waals surface area contributed by atoms with Crippen LogP contribution in [0.15, 0.2) is 12.4 Å². The van der Waals surface area contributed by atoms with Crippen molar-refractivity contribution in [1.82, 2.24) is 20.2 Å². The first-order valence-electron chi connectivity index (χ1n) is 8.66. The standard InChI is InChI=1S/C17H29N5O/c1-22(2)11-7-10-18-17(23)15-12-20-16(13-19-15)21-14-8-5-3-4-6-9-14/h12-14H,3-11H2,1-2H3,(H,18,23)(H,20,21). The highest BCUT2D eigenvalue weighted by Gasteiger charge is 2.13. The number of aromatic nitrogens is 2. The summed E-state index contributed by atoms with van der Waals surface area (Å²) >= 11 is 0. The fourth-order valence-corrected chi connectivity index (χ4v) is 2.84. The van der Waals surface area contributed by atoms with Crippen LogP contribution >= 0.6 is 0 Å². The molecule has 1 aromatic heterocycles. The fourth-order valence-electron chi connectivity index (χ4n) is 2.84. The normalized spacial score (nSPS) is 16.1. The van der Waals surface area contributed by atoms with Crippen molar-refractivity contribution in [1.29, 1.82) is 0 Å². The first-order chi connectivity index (χ1) is 11.1. The van der Waals surface area contributed by atoms with Crippen LogP contribution in [0.3, 0.4) is 0 Å². The third kappa shape index (κ3) is 6.52. The van der Waals surface area contributed by atoms with Gasteiger partial charge in [-0.15, -0.1) is 0 Å². The molecular weight excluding hydrogens is 290 g/mol. The van der Waals surface area contributed by atoms with Crippen LogP contribution in [-0.4, -0.2) is 54.0 Å². The minimum Gasteiger partial charge on any atom is -0.366 e. The number of anilines is 1. The molecule has 1 saturated carbocycles. The Bertz CT molecular complexity index is 466. The van der Waals surface area contributed by atoms with Crippen LogP contribution < -0.4 is 10.6 Å². The highest BCUT2D eigenvalue weighted by molar-refractivity contribution is 5.91. The third-order valence-electron chi connectivity index (χ3n) is 4.16. The first-order valence-corrected chi connectivity index (χ1v) is 8.66. The maximum Gasteiger partial charge on any atom is 0.271 e. The average Bonchev–Trinajstić information content (AvgIpc) is 2.80. The lowest BCUT2D eigenvalue weighted by molar-refractivity contribution is 0.0947. The number of carbonyl (C=O) groups excluding carboxylic acids is 1. The highest BCUT2D eigenvalue weighted by Crippen LogP contribution is 2.19. The Morgan fingerprint density at radius 3 is 2.52 bits per heavy atom. The van der Waals surface area contributed by atoms with E-state index in [9.17, 15) is 4.79 Å². The molecule has 6 nitrogen and oxygen atoms in total. The van der Waals surface area contributed by atoms with E-state index in [4.69, 9.17) is 0 Å². The van der Waals surface area contributed by atoms with Gasteiger partial charge in [0, 0.05) is 12.6 Å². The van der Waals surface area contributed by atoms with Gasteiger partial charge in [-0.05, 0) is 39.9 Å². The Labute approximate surface area is 139 Å². The van der Waals surface area contributed by atoms with Crippen molar-refractivity contribution in [3.05, 3.63) is 18.1 Å². The van der Waals surface area contributed by atoms with Crippen LogP contribution in [0.25, 0.3) is 0 Å². The molecular formula is C17H29N5O. The first kappa shape index (κ1) is 17.7. The fraction of sp³-hybridized carbons (Fsp3) is 0.706. The minimum atomic E-state index is -0.155. The van der Waals surface area contributed by atoms with Gasteiger partial charge in [0.25, 0.3) is 5.91 Å². The molecule has 1 aliphatic rings. The van der Waals surface area contributed by atoms with Gasteiger partial charge in [0.15, 0.2) is 0 Å². The molecule has 0 aliphatic heterocycles. The maximum atomic E-state index is 12.0. The lowest BCUT2D eigenvalue weighted by atomic mass is 10.1. The van der Waals surface area contributed by atoms with E-state index in [2.05, 4.69) is 25.5 Å². The van der Waals surface area contributed by atoms with E-state index >= 15 is 0 Å². The summed E-state index contributed by atoms with van der Waals surface area (Å²) in [5.74, 6) is 0.610. The van der Waals surface area contributed by atoms with Crippen LogP contribution in [0.1, 0.15) is 55.4 Å². The van der Waals surface area contributed by atoms with Crippen molar-refractivity contribution in [3.63, 3.8) is 0 Å². The summed E-state index contributed by atoms with van der Waals surface area (Å²) in [5, 5.41) is 6.32. The Hall–Kier alpha value is -1.69. The summed E-state index contributed by atoms with van der Waals surface area (Å²) in [6, 6.07) is 0.484. The molecule has 6 heteroatoms. The summed E-state index contributed by atoms with van der Waals surface area (Å²) in [6.07, 6.45) is 11.7. The van der Waals surface area contributed by atoms with Crippen molar-refractivity contribution >= 4 is 11.7 Å². The van der Waals surface area contributed by atoms with Gasteiger partial charge in [-0.2, -0.15) is 0 Å². The van der Waals surface area contributed by atoms with E-state index in [0.717, 1.165) is 18.8 Å². The summed E-state index contributed by atoms with van der Waals surface area (Å²) in [7, 11) is 4.04. The van der Waals surface area contributed by atoms with Gasteiger partial charge >= 0.3 is 0 Å². The van der Waals surface area contributed by atoms with Gasteiger partial charge in [-0.1, -0.05) is 25.7 Å². The number of nitrogens with one attached hydrogen (secondary N) is 2. The molecule has 128 valence electrons. The quantitative estimate of drug-likeness (QED) is 0.596. The zero-order valence-electron chi connectivity index (χ0n) is 14.3. The molecule has 0 unspecified atom stereocenters. The zero-order valence-corrected chi connectivity index (χ0v) is 14.3. The van der Waals surface area contributed by atoms with Gasteiger partial charge in [0.2, 0.25) is 0 Å². The van der Waals surface area contributed by atoms with Crippen LogP contribution in [0.4, 0.5) is 5.82 Å². The number of hydrogen-bond donors (Lipinski definition) is 2. The largest absolute Gasteiger partial charge is 0.366 e. The second kappa shape index (κ2) is 9.45. The molecule has 2 rings (SSSR count). The van der Waals surface area contributed by atoms with Crippen molar-refractivity contribution < 1.29 is 4.79 Å². The molecule has 1 amide bonds. The second-order valence-corrected chi connectivity index (χ2v) is 6.53. The molecule has 2 N–H and O–H groups in total. The van der Waals surface area contributed by atoms with Crippen molar-refractivity contribution in [2.45, 2.75) is 51.0 Å². The highest BCUT2D eigenvalue weighted by atomic mass is 16.1. The monoisotopic (exact) mass is 319 g/mol. The molecule has 0 spiro atoms. The van der Waals surface area contributed by atoms with Gasteiger partial charge in [-0.25, -0.2) is 9.97 Å². The van der Waals surface area contributed by atoms with E-state index in [-0.39, 0.29) is 5.91 Å². The van der Waals surface area contributed by atoms with E-state index in [1.165, 1.54) is 38.5 Å². The second-order valence-electron chi connectivity index (χ2n) is 6.53. The van der Waals surface area contributed by atoms with Crippen molar-refractivity contribution in [2.75, 3.05) is 32.5 Å². The number of carbonyl (C=O) groups is 1. The summed E-state index contributed by atoms with van der Waals surface area (Å²) < 4.78 is 0. The van der Waals surface area contributed by atoms with Crippen molar-refractivity contribution in [3.8, 4) is 0 Å². The van der Waals surface area contributed by atoms with Crippen LogP contribution in [0, 0.1) is 0 Å². The van der Waals surface area contributed by atoms with E-state index in [1.807, 2.05) is 14.1 Å². The van der Waals surface area contributed by atoms with E-state index in [1.54, 1.807) is 12.4 Å². The Kier molecular flexibility index (Phi) is 7.26. The summed E-state index contributed by atoms with van der Waals surface area (Å²) in [6.45, 7) is 1.61. The van der Waals surface area contributed by atoms with Gasteiger partial charge < -0.3 is 15.5 Å². The number of rotatable bonds is 7.